The largest absolute Gasteiger partial charge is 0.419 e. The molecular formula is C11H14N4O. The predicted molar refractivity (Wildman–Crippen MR) is 61.4 cm³/mol. The van der Waals surface area contributed by atoms with Crippen molar-refractivity contribution in [3.63, 3.8) is 0 Å². The van der Waals surface area contributed by atoms with Gasteiger partial charge in [-0.2, -0.15) is 5.10 Å². The average Bonchev–Trinajstić information content (AvgIpc) is 2.53. The van der Waals surface area contributed by atoms with Gasteiger partial charge in [0.15, 0.2) is 0 Å². The number of aryl methyl sites for hydroxylation is 3. The van der Waals surface area contributed by atoms with E-state index >= 15 is 0 Å². The fourth-order valence-corrected chi connectivity index (χ4v) is 1.41. The summed E-state index contributed by atoms with van der Waals surface area (Å²) < 4.78 is 7.26. The molecule has 2 aromatic rings. The third kappa shape index (κ3) is 1.84. The molecule has 5 nitrogen and oxygen atoms in total. The van der Waals surface area contributed by atoms with E-state index in [2.05, 4.69) is 10.1 Å². The molecule has 0 radical (unpaired) electrons. The molecule has 0 aromatic carbocycles. The van der Waals surface area contributed by atoms with E-state index in [0.29, 0.717) is 17.4 Å². The van der Waals surface area contributed by atoms with Gasteiger partial charge in [-0.1, -0.05) is 0 Å². The van der Waals surface area contributed by atoms with Gasteiger partial charge >= 0.3 is 0 Å². The van der Waals surface area contributed by atoms with Crippen LogP contribution in [0.15, 0.2) is 18.3 Å². The Labute approximate surface area is 93.9 Å². The topological polar surface area (TPSA) is 66.0 Å². The number of nitrogens with two attached hydrogens (primary N) is 1. The van der Waals surface area contributed by atoms with Crippen molar-refractivity contribution in [1.29, 1.82) is 0 Å². The number of nitrogen functional groups attached to an aromatic ring is 1. The summed E-state index contributed by atoms with van der Waals surface area (Å²) in [6.07, 6.45) is 1.67. The maximum absolute atomic E-state index is 5.87. The Hall–Kier alpha value is -2.04. The minimum Gasteiger partial charge on any atom is -0.419 e. The lowest BCUT2D eigenvalue weighted by molar-refractivity contribution is 0.417. The summed E-state index contributed by atoms with van der Waals surface area (Å²) in [6.45, 7) is 3.82. The molecule has 2 rings (SSSR count). The smallest absolute Gasteiger partial charge is 0.244 e. The molecular weight excluding hydrogens is 204 g/mol. The van der Waals surface area contributed by atoms with Crippen LogP contribution in [0.3, 0.4) is 0 Å². The van der Waals surface area contributed by atoms with Crippen LogP contribution >= 0.6 is 0 Å². The zero-order valence-electron chi connectivity index (χ0n) is 9.56. The second-order valence-electron chi connectivity index (χ2n) is 3.70. The van der Waals surface area contributed by atoms with Gasteiger partial charge in [0.25, 0.3) is 0 Å². The number of rotatable bonds is 2. The quantitative estimate of drug-likeness (QED) is 0.834. The van der Waals surface area contributed by atoms with Crippen molar-refractivity contribution in [2.45, 2.75) is 13.8 Å². The Kier molecular flexibility index (Phi) is 2.52. The molecule has 5 heteroatoms. The number of aromatic nitrogens is 3. The van der Waals surface area contributed by atoms with Crippen LogP contribution in [0.5, 0.6) is 11.8 Å². The van der Waals surface area contributed by atoms with Crippen LogP contribution in [0.4, 0.5) is 5.69 Å². The van der Waals surface area contributed by atoms with Gasteiger partial charge in [-0.3, -0.25) is 0 Å². The van der Waals surface area contributed by atoms with Gasteiger partial charge in [-0.15, -0.1) is 0 Å². The Bertz CT molecular complexity index is 519. The van der Waals surface area contributed by atoms with Crippen molar-refractivity contribution in [1.82, 2.24) is 14.8 Å². The van der Waals surface area contributed by atoms with Crippen LogP contribution in [-0.2, 0) is 7.05 Å². The van der Waals surface area contributed by atoms with E-state index in [9.17, 15) is 0 Å². The molecule has 2 aromatic heterocycles. The van der Waals surface area contributed by atoms with Gasteiger partial charge in [0.1, 0.15) is 0 Å². The van der Waals surface area contributed by atoms with Crippen molar-refractivity contribution in [3.8, 4) is 11.8 Å². The Morgan fingerprint density at radius 3 is 2.75 bits per heavy atom. The summed E-state index contributed by atoms with van der Waals surface area (Å²) in [7, 11) is 1.81. The summed E-state index contributed by atoms with van der Waals surface area (Å²) in [6, 6.07) is 3.68. The number of ether oxygens (including phenoxy) is 1. The summed E-state index contributed by atoms with van der Waals surface area (Å²) in [5.41, 5.74) is 8.27. The Morgan fingerprint density at radius 1 is 1.38 bits per heavy atom. The second-order valence-corrected chi connectivity index (χ2v) is 3.70. The molecule has 0 bridgehead atoms. The van der Waals surface area contributed by atoms with Crippen molar-refractivity contribution in [2.75, 3.05) is 5.73 Å². The third-order valence-corrected chi connectivity index (χ3v) is 2.33. The maximum Gasteiger partial charge on any atom is 0.244 e. The second kappa shape index (κ2) is 3.84. The van der Waals surface area contributed by atoms with Crippen molar-refractivity contribution in [2.24, 2.45) is 7.05 Å². The zero-order valence-corrected chi connectivity index (χ0v) is 9.56. The first-order valence-corrected chi connectivity index (χ1v) is 4.97. The zero-order chi connectivity index (χ0) is 11.7. The minimum absolute atomic E-state index is 0.419. The van der Waals surface area contributed by atoms with E-state index in [1.54, 1.807) is 10.9 Å². The van der Waals surface area contributed by atoms with Gasteiger partial charge in [0.05, 0.1) is 11.4 Å². The van der Waals surface area contributed by atoms with Gasteiger partial charge in [-0.05, 0) is 25.5 Å². The molecule has 84 valence electrons. The maximum atomic E-state index is 5.87. The van der Waals surface area contributed by atoms with Gasteiger partial charge in [0, 0.05) is 19.3 Å². The lowest BCUT2D eigenvalue weighted by atomic mass is 10.2. The molecule has 2 N–H and O–H groups in total. The summed E-state index contributed by atoms with van der Waals surface area (Å²) >= 11 is 0. The molecule has 16 heavy (non-hydrogen) atoms. The van der Waals surface area contributed by atoms with Crippen LogP contribution in [0.1, 0.15) is 11.3 Å². The van der Waals surface area contributed by atoms with Crippen LogP contribution < -0.4 is 10.5 Å². The first-order valence-electron chi connectivity index (χ1n) is 4.97. The molecule has 0 amide bonds. The van der Waals surface area contributed by atoms with Gasteiger partial charge in [0.2, 0.25) is 11.8 Å². The van der Waals surface area contributed by atoms with E-state index in [4.69, 9.17) is 10.5 Å². The highest BCUT2D eigenvalue weighted by Gasteiger charge is 2.09. The minimum atomic E-state index is 0.419. The van der Waals surface area contributed by atoms with Crippen molar-refractivity contribution < 1.29 is 4.74 Å². The molecule has 0 aliphatic carbocycles. The lowest BCUT2D eigenvalue weighted by Gasteiger charge is -2.08. The molecule has 0 saturated carbocycles. The molecule has 0 unspecified atom stereocenters. The molecule has 2 heterocycles. The Balaban J connectivity index is 2.34. The summed E-state index contributed by atoms with van der Waals surface area (Å²) in [5.74, 6) is 1.05. The summed E-state index contributed by atoms with van der Waals surface area (Å²) in [4.78, 5) is 4.10. The molecule has 0 spiro atoms. The van der Waals surface area contributed by atoms with E-state index in [0.717, 1.165) is 11.3 Å². The molecule has 0 saturated heterocycles. The number of anilines is 1. The fourth-order valence-electron chi connectivity index (χ4n) is 1.41. The first kappa shape index (κ1) is 10.5. The van der Waals surface area contributed by atoms with Crippen LogP contribution in [-0.4, -0.2) is 14.8 Å². The lowest BCUT2D eigenvalue weighted by Crippen LogP contribution is -2.00. The summed E-state index contributed by atoms with van der Waals surface area (Å²) in [5, 5.41) is 4.18. The standard InChI is InChI=1S/C11H14N4O/c1-7-4-5-13-11(10(7)12)16-9-6-8(2)14-15(9)3/h4-6H,12H2,1-3H3. The SMILES string of the molecule is Cc1cc(Oc2nccc(C)c2N)n(C)n1. The highest BCUT2D eigenvalue weighted by Crippen LogP contribution is 2.26. The number of pyridine rings is 1. The molecule has 0 atom stereocenters. The highest BCUT2D eigenvalue weighted by atomic mass is 16.5. The number of nitrogens with zero attached hydrogens (tertiary/aromatic N) is 3. The van der Waals surface area contributed by atoms with E-state index < -0.39 is 0 Å². The van der Waals surface area contributed by atoms with E-state index in [-0.39, 0.29) is 0 Å². The highest BCUT2D eigenvalue weighted by molar-refractivity contribution is 5.54. The molecule has 0 fully saturated rings. The van der Waals surface area contributed by atoms with Crippen LogP contribution in [0, 0.1) is 13.8 Å². The molecule has 0 aliphatic rings. The van der Waals surface area contributed by atoms with Gasteiger partial charge < -0.3 is 10.5 Å². The first-order chi connectivity index (χ1) is 7.58. The van der Waals surface area contributed by atoms with Crippen LogP contribution in [0.25, 0.3) is 0 Å². The normalized spacial score (nSPS) is 10.4. The van der Waals surface area contributed by atoms with E-state index in [1.165, 1.54) is 0 Å². The third-order valence-electron chi connectivity index (χ3n) is 2.33. The van der Waals surface area contributed by atoms with Crippen molar-refractivity contribution >= 4 is 5.69 Å². The average molecular weight is 218 g/mol. The monoisotopic (exact) mass is 218 g/mol. The number of hydrogen-bond donors (Lipinski definition) is 1. The van der Waals surface area contributed by atoms with Crippen molar-refractivity contribution in [3.05, 3.63) is 29.6 Å². The van der Waals surface area contributed by atoms with Crippen LogP contribution in [0.2, 0.25) is 0 Å². The Morgan fingerprint density at radius 2 is 2.12 bits per heavy atom. The molecule has 0 aliphatic heterocycles. The fraction of sp³-hybridized carbons (Fsp3) is 0.273. The number of hydrogen-bond acceptors (Lipinski definition) is 4. The van der Waals surface area contributed by atoms with E-state index in [1.807, 2.05) is 33.0 Å². The predicted octanol–water partition coefficient (Wildman–Crippen LogP) is 1.81. The van der Waals surface area contributed by atoms with Gasteiger partial charge in [-0.25, -0.2) is 9.67 Å².